The number of nitrogens with two attached hydrogens (primary N) is 3. The third kappa shape index (κ3) is 3.45. The average molecular weight is 236 g/mol. The van der Waals surface area contributed by atoms with Gasteiger partial charge in [-0.3, -0.25) is 10.1 Å². The summed E-state index contributed by atoms with van der Waals surface area (Å²) in [5.74, 6) is -0.393. The summed E-state index contributed by atoms with van der Waals surface area (Å²) < 4.78 is 0. The van der Waals surface area contributed by atoms with Gasteiger partial charge in [0.15, 0.2) is 5.96 Å². The Labute approximate surface area is 97.0 Å². The number of nitrogens with zero attached hydrogens (tertiary/aromatic N) is 3. The molecule has 17 heavy (non-hydrogen) atoms. The van der Waals surface area contributed by atoms with Gasteiger partial charge in [0.2, 0.25) is 5.96 Å². The standard InChI is InChI=1S/C9H12N6O2/c1-5-2-3-6(4-7(5)15(16)17)13-9(12)14-8(10)11/h2-4H,1H3,(H6,10,11,12,13,14). The molecule has 0 aliphatic carbocycles. The zero-order chi connectivity index (χ0) is 13.0. The number of aliphatic imine (C=N–C) groups is 2. The molecule has 0 saturated heterocycles. The molecule has 1 aromatic rings. The predicted molar refractivity (Wildman–Crippen MR) is 64.9 cm³/mol. The Bertz CT molecular complexity index is 504. The lowest BCUT2D eigenvalue weighted by molar-refractivity contribution is -0.385. The summed E-state index contributed by atoms with van der Waals surface area (Å²) in [4.78, 5) is 17.5. The molecule has 8 heteroatoms. The number of hydrogen-bond donors (Lipinski definition) is 3. The number of rotatable bonds is 2. The second-order valence-electron chi connectivity index (χ2n) is 3.23. The van der Waals surface area contributed by atoms with Gasteiger partial charge in [-0.1, -0.05) is 6.07 Å². The fourth-order valence-electron chi connectivity index (χ4n) is 1.15. The fourth-order valence-corrected chi connectivity index (χ4v) is 1.15. The van der Waals surface area contributed by atoms with E-state index in [9.17, 15) is 10.1 Å². The Morgan fingerprint density at radius 3 is 2.53 bits per heavy atom. The zero-order valence-electron chi connectivity index (χ0n) is 9.12. The number of nitro benzene ring substituents is 1. The fraction of sp³-hybridized carbons (Fsp3) is 0.111. The van der Waals surface area contributed by atoms with Crippen LogP contribution in [0, 0.1) is 17.0 Å². The van der Waals surface area contributed by atoms with Crippen molar-refractivity contribution in [1.29, 1.82) is 0 Å². The minimum absolute atomic E-state index is 0.0382. The van der Waals surface area contributed by atoms with Crippen LogP contribution in [0.4, 0.5) is 11.4 Å². The third-order valence-corrected chi connectivity index (χ3v) is 1.88. The van der Waals surface area contributed by atoms with E-state index in [0.29, 0.717) is 11.3 Å². The zero-order valence-corrected chi connectivity index (χ0v) is 9.12. The van der Waals surface area contributed by atoms with Crippen molar-refractivity contribution in [2.75, 3.05) is 0 Å². The van der Waals surface area contributed by atoms with Gasteiger partial charge in [0.25, 0.3) is 5.69 Å². The maximum Gasteiger partial charge on any atom is 0.274 e. The van der Waals surface area contributed by atoms with Crippen LogP contribution in [0.3, 0.4) is 0 Å². The SMILES string of the molecule is Cc1ccc(N=C(N)N=C(N)N)cc1[N+](=O)[O-]. The van der Waals surface area contributed by atoms with Gasteiger partial charge in [-0.05, 0) is 13.0 Å². The van der Waals surface area contributed by atoms with Crippen LogP contribution in [0.15, 0.2) is 28.2 Å². The lowest BCUT2D eigenvalue weighted by atomic mass is 10.2. The molecular formula is C9H12N6O2. The van der Waals surface area contributed by atoms with Crippen molar-refractivity contribution >= 4 is 23.3 Å². The van der Waals surface area contributed by atoms with Gasteiger partial charge in [0.1, 0.15) is 0 Å². The van der Waals surface area contributed by atoms with E-state index in [0.717, 1.165) is 0 Å². The van der Waals surface area contributed by atoms with Gasteiger partial charge >= 0.3 is 0 Å². The minimum Gasteiger partial charge on any atom is -0.370 e. The smallest absolute Gasteiger partial charge is 0.274 e. The summed E-state index contributed by atoms with van der Waals surface area (Å²) in [6, 6.07) is 4.45. The summed E-state index contributed by atoms with van der Waals surface area (Å²) in [5.41, 5.74) is 16.4. The van der Waals surface area contributed by atoms with E-state index < -0.39 is 4.92 Å². The van der Waals surface area contributed by atoms with Crippen molar-refractivity contribution in [2.45, 2.75) is 6.92 Å². The van der Waals surface area contributed by atoms with E-state index >= 15 is 0 Å². The van der Waals surface area contributed by atoms with E-state index in [2.05, 4.69) is 9.98 Å². The Morgan fingerprint density at radius 2 is 2.00 bits per heavy atom. The Morgan fingerprint density at radius 1 is 1.35 bits per heavy atom. The molecule has 0 heterocycles. The highest BCUT2D eigenvalue weighted by Gasteiger charge is 2.10. The molecule has 1 aromatic carbocycles. The molecule has 0 bridgehead atoms. The first-order valence-corrected chi connectivity index (χ1v) is 4.59. The third-order valence-electron chi connectivity index (χ3n) is 1.88. The highest BCUT2D eigenvalue weighted by molar-refractivity contribution is 5.93. The van der Waals surface area contributed by atoms with E-state index in [4.69, 9.17) is 17.2 Å². The van der Waals surface area contributed by atoms with Crippen molar-refractivity contribution in [3.63, 3.8) is 0 Å². The van der Waals surface area contributed by atoms with Gasteiger partial charge in [-0.2, -0.15) is 4.99 Å². The molecule has 0 saturated carbocycles. The molecule has 6 N–H and O–H groups in total. The molecule has 90 valence electrons. The first-order chi connectivity index (χ1) is 7.90. The molecule has 0 fully saturated rings. The molecule has 8 nitrogen and oxygen atoms in total. The molecule has 0 atom stereocenters. The van der Waals surface area contributed by atoms with Crippen LogP contribution < -0.4 is 17.2 Å². The summed E-state index contributed by atoms with van der Waals surface area (Å²) in [6.07, 6.45) is 0. The van der Waals surface area contributed by atoms with Crippen molar-refractivity contribution < 1.29 is 4.92 Å². The summed E-state index contributed by atoms with van der Waals surface area (Å²) in [7, 11) is 0. The van der Waals surface area contributed by atoms with Crippen LogP contribution in [-0.2, 0) is 0 Å². The minimum atomic E-state index is -0.495. The normalized spacial score (nSPS) is 11.0. The molecule has 0 unspecified atom stereocenters. The molecule has 0 amide bonds. The van der Waals surface area contributed by atoms with Crippen LogP contribution in [0.2, 0.25) is 0 Å². The highest BCUT2D eigenvalue weighted by Crippen LogP contribution is 2.24. The van der Waals surface area contributed by atoms with Gasteiger partial charge in [0, 0.05) is 11.6 Å². The van der Waals surface area contributed by atoms with E-state index in [1.54, 1.807) is 19.1 Å². The molecule has 0 spiro atoms. The number of aryl methyl sites for hydroxylation is 1. The van der Waals surface area contributed by atoms with Gasteiger partial charge in [-0.25, -0.2) is 4.99 Å². The van der Waals surface area contributed by atoms with Crippen molar-refractivity contribution in [2.24, 2.45) is 27.2 Å². The highest BCUT2D eigenvalue weighted by atomic mass is 16.6. The molecule has 0 aromatic heterocycles. The number of benzene rings is 1. The van der Waals surface area contributed by atoms with Crippen molar-refractivity contribution in [3.05, 3.63) is 33.9 Å². The number of nitro groups is 1. The summed E-state index contributed by atoms with van der Waals surface area (Å²) in [5, 5.41) is 10.7. The van der Waals surface area contributed by atoms with Gasteiger partial charge in [-0.15, -0.1) is 0 Å². The number of hydrogen-bond acceptors (Lipinski definition) is 3. The largest absolute Gasteiger partial charge is 0.370 e. The topological polar surface area (TPSA) is 146 Å². The molecule has 1 rings (SSSR count). The van der Waals surface area contributed by atoms with Gasteiger partial charge < -0.3 is 17.2 Å². The second-order valence-corrected chi connectivity index (χ2v) is 3.23. The van der Waals surface area contributed by atoms with Crippen molar-refractivity contribution in [1.82, 2.24) is 0 Å². The number of guanidine groups is 2. The van der Waals surface area contributed by atoms with Crippen LogP contribution >= 0.6 is 0 Å². The first-order valence-electron chi connectivity index (χ1n) is 4.59. The second kappa shape index (κ2) is 4.92. The summed E-state index contributed by atoms with van der Waals surface area (Å²) >= 11 is 0. The van der Waals surface area contributed by atoms with Crippen LogP contribution in [0.5, 0.6) is 0 Å². The lowest BCUT2D eigenvalue weighted by Gasteiger charge is -1.99. The Hall–Kier alpha value is -2.64. The van der Waals surface area contributed by atoms with Crippen LogP contribution in [0.25, 0.3) is 0 Å². The molecular weight excluding hydrogens is 224 g/mol. The molecule has 0 aliphatic heterocycles. The van der Waals surface area contributed by atoms with Crippen LogP contribution in [-0.4, -0.2) is 16.8 Å². The maximum absolute atomic E-state index is 10.7. The molecule has 0 aliphatic rings. The van der Waals surface area contributed by atoms with E-state index in [1.807, 2.05) is 0 Å². The molecule has 0 radical (unpaired) electrons. The average Bonchev–Trinajstić information content (AvgIpc) is 2.19. The maximum atomic E-state index is 10.7. The first kappa shape index (κ1) is 12.4. The van der Waals surface area contributed by atoms with Crippen LogP contribution in [0.1, 0.15) is 5.56 Å². The Balaban J connectivity index is 3.13. The van der Waals surface area contributed by atoms with Crippen molar-refractivity contribution in [3.8, 4) is 0 Å². The monoisotopic (exact) mass is 236 g/mol. The quantitative estimate of drug-likeness (QED) is 0.289. The van der Waals surface area contributed by atoms with E-state index in [1.165, 1.54) is 6.07 Å². The summed E-state index contributed by atoms with van der Waals surface area (Å²) in [6.45, 7) is 1.63. The van der Waals surface area contributed by atoms with E-state index in [-0.39, 0.29) is 17.6 Å². The lowest BCUT2D eigenvalue weighted by Crippen LogP contribution is -2.26. The Kier molecular flexibility index (Phi) is 3.60. The van der Waals surface area contributed by atoms with Gasteiger partial charge in [0.05, 0.1) is 10.6 Å². The predicted octanol–water partition coefficient (Wildman–Crippen LogP) is 0.123.